The lowest BCUT2D eigenvalue weighted by molar-refractivity contribution is 0.216. The van der Waals surface area contributed by atoms with Crippen LogP contribution in [0.2, 0.25) is 4.34 Å². The molecule has 0 saturated heterocycles. The lowest BCUT2D eigenvalue weighted by atomic mass is 10.2. The Morgan fingerprint density at radius 2 is 1.70 bits per heavy atom. The molecule has 1 aromatic carbocycles. The molecule has 1 heterocycles. The molecular formula is C14H16ClNO3S. The molecule has 108 valence electrons. The molecule has 2 aromatic rings. The second-order valence-electron chi connectivity index (χ2n) is 4.03. The van der Waals surface area contributed by atoms with Crippen molar-refractivity contribution in [2.45, 2.75) is 6.10 Å². The first-order chi connectivity index (χ1) is 9.66. The molecule has 0 amide bonds. The molecule has 0 saturated carbocycles. The van der Waals surface area contributed by atoms with E-state index in [0.29, 0.717) is 28.1 Å². The fourth-order valence-corrected chi connectivity index (χ4v) is 2.84. The van der Waals surface area contributed by atoms with Gasteiger partial charge in [-0.3, -0.25) is 0 Å². The standard InChI is InChI=1S/C14H16ClNO3S/c1-17-9-5-10(18-2)7-11(6-9)19-12(8-16)13-3-4-14(15)20-13/h3-7,12H,8,16H2,1-2H3. The van der Waals surface area contributed by atoms with Crippen molar-refractivity contribution in [2.75, 3.05) is 20.8 Å². The van der Waals surface area contributed by atoms with E-state index >= 15 is 0 Å². The molecule has 0 fully saturated rings. The van der Waals surface area contributed by atoms with E-state index < -0.39 is 0 Å². The van der Waals surface area contributed by atoms with Crippen LogP contribution in [0.1, 0.15) is 11.0 Å². The maximum Gasteiger partial charge on any atom is 0.145 e. The number of methoxy groups -OCH3 is 2. The van der Waals surface area contributed by atoms with E-state index in [4.69, 9.17) is 31.5 Å². The Balaban J connectivity index is 2.22. The predicted molar refractivity (Wildman–Crippen MR) is 81.3 cm³/mol. The van der Waals surface area contributed by atoms with Crippen molar-refractivity contribution in [1.82, 2.24) is 0 Å². The van der Waals surface area contributed by atoms with Crippen LogP contribution >= 0.6 is 22.9 Å². The Hall–Kier alpha value is -1.43. The van der Waals surface area contributed by atoms with Gasteiger partial charge in [-0.1, -0.05) is 11.6 Å². The molecule has 0 aliphatic rings. The van der Waals surface area contributed by atoms with E-state index in [-0.39, 0.29) is 6.10 Å². The number of nitrogens with two attached hydrogens (primary N) is 1. The molecule has 1 aromatic heterocycles. The highest BCUT2D eigenvalue weighted by Gasteiger charge is 2.15. The molecule has 0 radical (unpaired) electrons. The summed E-state index contributed by atoms with van der Waals surface area (Å²) in [6.45, 7) is 0.358. The highest BCUT2D eigenvalue weighted by atomic mass is 35.5. The van der Waals surface area contributed by atoms with Crippen LogP contribution in [0.25, 0.3) is 0 Å². The van der Waals surface area contributed by atoms with E-state index in [9.17, 15) is 0 Å². The summed E-state index contributed by atoms with van der Waals surface area (Å²) in [5.74, 6) is 1.97. The molecule has 1 atom stereocenters. The third-order valence-corrected chi connectivity index (χ3v) is 4.05. The second kappa shape index (κ2) is 6.83. The molecule has 2 rings (SSSR count). The van der Waals surface area contributed by atoms with Crippen LogP contribution in [0.5, 0.6) is 17.2 Å². The number of halogens is 1. The third kappa shape index (κ3) is 3.56. The molecule has 1 unspecified atom stereocenters. The first kappa shape index (κ1) is 15.0. The summed E-state index contributed by atoms with van der Waals surface area (Å²) in [4.78, 5) is 0.985. The molecule has 4 nitrogen and oxygen atoms in total. The van der Waals surface area contributed by atoms with Crippen LogP contribution in [0, 0.1) is 0 Å². The highest BCUT2D eigenvalue weighted by molar-refractivity contribution is 7.16. The summed E-state index contributed by atoms with van der Waals surface area (Å²) in [6.07, 6.45) is -0.246. The van der Waals surface area contributed by atoms with Crippen LogP contribution in [-0.2, 0) is 0 Å². The maximum absolute atomic E-state index is 5.94. The SMILES string of the molecule is COc1cc(OC)cc(OC(CN)c2ccc(Cl)s2)c1. The smallest absolute Gasteiger partial charge is 0.145 e. The molecule has 0 spiro atoms. The van der Waals surface area contributed by atoms with Gasteiger partial charge in [0.1, 0.15) is 23.4 Å². The van der Waals surface area contributed by atoms with Crippen molar-refractivity contribution in [1.29, 1.82) is 0 Å². The largest absolute Gasteiger partial charge is 0.496 e. The Kier molecular flexibility index (Phi) is 5.11. The molecular weight excluding hydrogens is 298 g/mol. The summed E-state index contributed by atoms with van der Waals surface area (Å²) in [7, 11) is 3.19. The monoisotopic (exact) mass is 313 g/mol. The van der Waals surface area contributed by atoms with Crippen molar-refractivity contribution in [3.63, 3.8) is 0 Å². The van der Waals surface area contributed by atoms with Gasteiger partial charge >= 0.3 is 0 Å². The minimum Gasteiger partial charge on any atom is -0.496 e. The number of ether oxygens (including phenoxy) is 3. The van der Waals surface area contributed by atoms with Crippen molar-refractivity contribution in [3.8, 4) is 17.2 Å². The van der Waals surface area contributed by atoms with Gasteiger partial charge in [-0.25, -0.2) is 0 Å². The van der Waals surface area contributed by atoms with Crippen LogP contribution in [0.15, 0.2) is 30.3 Å². The molecule has 0 bridgehead atoms. The Labute approximate surface area is 127 Å². The van der Waals surface area contributed by atoms with Gasteiger partial charge in [0.2, 0.25) is 0 Å². The van der Waals surface area contributed by atoms with E-state index in [1.54, 1.807) is 32.4 Å². The van der Waals surface area contributed by atoms with E-state index in [1.165, 1.54) is 11.3 Å². The van der Waals surface area contributed by atoms with Gasteiger partial charge in [-0.05, 0) is 12.1 Å². The van der Waals surface area contributed by atoms with Gasteiger partial charge in [0, 0.05) is 29.6 Å². The van der Waals surface area contributed by atoms with E-state index in [0.717, 1.165) is 4.88 Å². The summed E-state index contributed by atoms with van der Waals surface area (Å²) in [5.41, 5.74) is 5.78. The van der Waals surface area contributed by atoms with Gasteiger partial charge in [-0.15, -0.1) is 11.3 Å². The fourth-order valence-electron chi connectivity index (χ4n) is 1.74. The van der Waals surface area contributed by atoms with Crippen LogP contribution in [0.3, 0.4) is 0 Å². The number of rotatable bonds is 6. The lowest BCUT2D eigenvalue weighted by Crippen LogP contribution is -2.17. The summed E-state index contributed by atoms with van der Waals surface area (Å²) in [6, 6.07) is 9.12. The summed E-state index contributed by atoms with van der Waals surface area (Å²) >= 11 is 7.40. The van der Waals surface area contributed by atoms with E-state index in [2.05, 4.69) is 0 Å². The first-order valence-electron chi connectivity index (χ1n) is 6.01. The van der Waals surface area contributed by atoms with Crippen LogP contribution in [0.4, 0.5) is 0 Å². The minimum atomic E-state index is -0.246. The van der Waals surface area contributed by atoms with Crippen LogP contribution < -0.4 is 19.9 Å². The normalized spacial score (nSPS) is 12.0. The zero-order chi connectivity index (χ0) is 14.5. The maximum atomic E-state index is 5.94. The summed E-state index contributed by atoms with van der Waals surface area (Å²) in [5, 5.41) is 0. The van der Waals surface area contributed by atoms with Gasteiger partial charge in [0.05, 0.1) is 18.6 Å². The molecule has 20 heavy (non-hydrogen) atoms. The number of hydrogen-bond donors (Lipinski definition) is 1. The van der Waals surface area contributed by atoms with Gasteiger partial charge in [0.25, 0.3) is 0 Å². The minimum absolute atomic E-state index is 0.246. The van der Waals surface area contributed by atoms with Gasteiger partial charge in [0.15, 0.2) is 0 Å². The highest BCUT2D eigenvalue weighted by Crippen LogP contribution is 2.33. The van der Waals surface area contributed by atoms with Crippen molar-refractivity contribution < 1.29 is 14.2 Å². The zero-order valence-electron chi connectivity index (χ0n) is 11.3. The number of thiophene rings is 1. The van der Waals surface area contributed by atoms with Gasteiger partial charge < -0.3 is 19.9 Å². The zero-order valence-corrected chi connectivity index (χ0v) is 12.8. The predicted octanol–water partition coefficient (Wildman–Crippen LogP) is 3.50. The number of hydrogen-bond acceptors (Lipinski definition) is 5. The molecule has 2 N–H and O–H groups in total. The third-order valence-electron chi connectivity index (χ3n) is 2.73. The molecule has 6 heteroatoms. The van der Waals surface area contributed by atoms with Crippen molar-refractivity contribution in [2.24, 2.45) is 5.73 Å². The Bertz CT molecular complexity index is 551. The number of benzene rings is 1. The average molecular weight is 314 g/mol. The second-order valence-corrected chi connectivity index (χ2v) is 5.78. The van der Waals surface area contributed by atoms with Crippen molar-refractivity contribution in [3.05, 3.63) is 39.5 Å². The van der Waals surface area contributed by atoms with E-state index in [1.807, 2.05) is 12.1 Å². The average Bonchev–Trinajstić information content (AvgIpc) is 2.90. The molecule has 0 aliphatic heterocycles. The molecule has 0 aliphatic carbocycles. The van der Waals surface area contributed by atoms with Gasteiger partial charge in [-0.2, -0.15) is 0 Å². The van der Waals surface area contributed by atoms with Crippen molar-refractivity contribution >= 4 is 22.9 Å². The summed E-state index contributed by atoms with van der Waals surface area (Å²) < 4.78 is 17.1. The van der Waals surface area contributed by atoms with Crippen LogP contribution in [-0.4, -0.2) is 20.8 Å². The quantitative estimate of drug-likeness (QED) is 0.887. The fraction of sp³-hybridized carbons (Fsp3) is 0.286. The Morgan fingerprint density at radius 3 is 2.15 bits per heavy atom. The Morgan fingerprint density at radius 1 is 1.10 bits per heavy atom. The topological polar surface area (TPSA) is 53.7 Å². The first-order valence-corrected chi connectivity index (χ1v) is 7.20. The lowest BCUT2D eigenvalue weighted by Gasteiger charge is -2.17.